The molecule has 3 amide bonds. The van der Waals surface area contributed by atoms with Crippen LogP contribution in [0, 0.1) is 0 Å². The Morgan fingerprint density at radius 1 is 1.11 bits per heavy atom. The number of nitrogens with one attached hydrogen (secondary N) is 1. The van der Waals surface area contributed by atoms with Gasteiger partial charge in [-0.15, -0.1) is 6.58 Å². The van der Waals surface area contributed by atoms with Gasteiger partial charge in [-0.05, 0) is 24.7 Å². The Balaban J connectivity index is 2.00. The Bertz CT molecular complexity index is 805. The van der Waals surface area contributed by atoms with Crippen molar-refractivity contribution in [3.8, 4) is 0 Å². The second kappa shape index (κ2) is 7.75. The van der Waals surface area contributed by atoms with Crippen molar-refractivity contribution in [2.24, 2.45) is 0 Å². The Morgan fingerprint density at radius 2 is 1.74 bits per heavy atom. The quantitative estimate of drug-likeness (QED) is 0.624. The molecular weight excluding hydrogens is 344 g/mol. The minimum Gasteiger partial charge on any atom is -0.364 e. The average molecular weight is 368 g/mol. The minimum atomic E-state index is -0.305. The monoisotopic (exact) mass is 368 g/mol. The lowest BCUT2D eigenvalue weighted by Crippen LogP contribution is -2.46. The molecule has 0 bridgehead atoms. The molecule has 0 radical (unpaired) electrons. The molecule has 0 aliphatic carbocycles. The summed E-state index contributed by atoms with van der Waals surface area (Å²) in [7, 11) is 2.04. The molecule has 0 saturated carbocycles. The summed E-state index contributed by atoms with van der Waals surface area (Å²) < 4.78 is 0. The van der Waals surface area contributed by atoms with Gasteiger partial charge in [0.25, 0.3) is 11.8 Å². The number of hydrogen-bond donors (Lipinski definition) is 1. The first-order chi connectivity index (χ1) is 12.9. The molecule has 1 aromatic carbocycles. The van der Waals surface area contributed by atoms with Gasteiger partial charge < -0.3 is 15.1 Å². The molecule has 1 N–H and O–H groups in total. The third-order valence-electron chi connectivity index (χ3n) is 4.77. The zero-order valence-corrected chi connectivity index (χ0v) is 15.7. The van der Waals surface area contributed by atoms with Gasteiger partial charge in [0.1, 0.15) is 5.70 Å². The van der Waals surface area contributed by atoms with E-state index in [0.29, 0.717) is 35.6 Å². The van der Waals surface area contributed by atoms with Crippen molar-refractivity contribution in [1.82, 2.24) is 14.7 Å². The van der Waals surface area contributed by atoms with E-state index in [2.05, 4.69) is 16.8 Å². The van der Waals surface area contributed by atoms with Crippen molar-refractivity contribution >= 4 is 29.0 Å². The van der Waals surface area contributed by atoms with Crippen LogP contribution in [0.3, 0.4) is 0 Å². The SMILES string of the molecule is C=CCN1C(=O)C(c2ccc(NC(C)=O)cc2)=C(N2CCN(C)CC2)C1=O. The van der Waals surface area contributed by atoms with Crippen molar-refractivity contribution in [1.29, 1.82) is 0 Å². The second-order valence-electron chi connectivity index (χ2n) is 6.78. The predicted molar refractivity (Wildman–Crippen MR) is 104 cm³/mol. The van der Waals surface area contributed by atoms with Gasteiger partial charge in [-0.2, -0.15) is 0 Å². The largest absolute Gasteiger partial charge is 0.364 e. The highest BCUT2D eigenvalue weighted by molar-refractivity contribution is 6.35. The summed E-state index contributed by atoms with van der Waals surface area (Å²) in [6.45, 7) is 8.33. The Morgan fingerprint density at radius 3 is 2.30 bits per heavy atom. The van der Waals surface area contributed by atoms with Gasteiger partial charge in [-0.1, -0.05) is 18.2 Å². The lowest BCUT2D eigenvalue weighted by Gasteiger charge is -2.34. The number of likely N-dealkylation sites (N-methyl/N-ethyl adjacent to an activating group) is 1. The van der Waals surface area contributed by atoms with Crippen molar-refractivity contribution in [2.75, 3.05) is 45.1 Å². The van der Waals surface area contributed by atoms with Gasteiger partial charge in [-0.3, -0.25) is 19.3 Å². The van der Waals surface area contributed by atoms with Gasteiger partial charge in [-0.25, -0.2) is 0 Å². The summed E-state index contributed by atoms with van der Waals surface area (Å²) >= 11 is 0. The molecule has 2 aliphatic rings. The van der Waals surface area contributed by atoms with Crippen molar-refractivity contribution in [2.45, 2.75) is 6.92 Å². The first-order valence-electron chi connectivity index (χ1n) is 8.95. The van der Waals surface area contributed by atoms with Gasteiger partial charge in [0.05, 0.1) is 5.57 Å². The van der Waals surface area contributed by atoms with Gasteiger partial charge in [0, 0.05) is 45.3 Å². The Hall–Kier alpha value is -2.93. The van der Waals surface area contributed by atoms with Gasteiger partial charge in [0.15, 0.2) is 0 Å². The Labute approximate surface area is 158 Å². The summed E-state index contributed by atoms with van der Waals surface area (Å²) in [6.07, 6.45) is 1.56. The molecule has 2 aliphatic heterocycles. The fraction of sp³-hybridized carbons (Fsp3) is 0.350. The van der Waals surface area contributed by atoms with Gasteiger partial charge in [0.2, 0.25) is 5.91 Å². The molecule has 1 saturated heterocycles. The molecule has 0 atom stereocenters. The first kappa shape index (κ1) is 18.8. The number of carbonyl (C=O) groups excluding carboxylic acids is 3. The maximum Gasteiger partial charge on any atom is 0.278 e. The highest BCUT2D eigenvalue weighted by Gasteiger charge is 2.41. The van der Waals surface area contributed by atoms with E-state index in [9.17, 15) is 14.4 Å². The third-order valence-corrected chi connectivity index (χ3v) is 4.77. The first-order valence-corrected chi connectivity index (χ1v) is 8.95. The predicted octanol–water partition coefficient (Wildman–Crippen LogP) is 1.16. The van der Waals surface area contributed by atoms with Crippen molar-refractivity contribution < 1.29 is 14.4 Å². The number of imide groups is 1. The van der Waals surface area contributed by atoms with Gasteiger partial charge >= 0.3 is 0 Å². The standard InChI is InChI=1S/C20H24N4O3/c1-4-9-24-19(26)17(15-5-7-16(8-6-15)21-14(2)25)18(20(24)27)23-12-10-22(3)11-13-23/h4-8H,1,9-13H2,2-3H3,(H,21,25). The fourth-order valence-electron chi connectivity index (χ4n) is 3.37. The molecule has 2 heterocycles. The molecule has 7 heteroatoms. The van der Waals surface area contributed by atoms with Crippen molar-refractivity contribution in [3.05, 3.63) is 48.2 Å². The molecule has 3 rings (SSSR count). The zero-order valence-electron chi connectivity index (χ0n) is 15.7. The van der Waals surface area contributed by atoms with E-state index in [4.69, 9.17) is 0 Å². The number of anilines is 1. The lowest BCUT2D eigenvalue weighted by molar-refractivity contribution is -0.137. The fourth-order valence-corrected chi connectivity index (χ4v) is 3.37. The molecule has 7 nitrogen and oxygen atoms in total. The highest BCUT2D eigenvalue weighted by atomic mass is 16.2. The van der Waals surface area contributed by atoms with Crippen LogP contribution in [0.5, 0.6) is 0 Å². The second-order valence-corrected chi connectivity index (χ2v) is 6.78. The molecule has 27 heavy (non-hydrogen) atoms. The Kier molecular flexibility index (Phi) is 5.41. The summed E-state index contributed by atoms with van der Waals surface area (Å²) in [5.41, 5.74) is 2.19. The van der Waals surface area contributed by atoms with Crippen LogP contribution >= 0.6 is 0 Å². The summed E-state index contributed by atoms with van der Waals surface area (Å²) in [5.74, 6) is -0.740. The van der Waals surface area contributed by atoms with Crippen LogP contribution in [0.25, 0.3) is 5.57 Å². The van der Waals surface area contributed by atoms with Crippen LogP contribution in [0.1, 0.15) is 12.5 Å². The van der Waals surface area contributed by atoms with E-state index in [0.717, 1.165) is 13.1 Å². The van der Waals surface area contributed by atoms with Crippen molar-refractivity contribution in [3.63, 3.8) is 0 Å². The molecule has 1 aromatic rings. The molecule has 142 valence electrons. The van der Waals surface area contributed by atoms with Crippen LogP contribution in [-0.4, -0.2) is 72.2 Å². The van der Waals surface area contributed by atoms with E-state index in [1.807, 2.05) is 11.9 Å². The number of carbonyl (C=O) groups is 3. The summed E-state index contributed by atoms with van der Waals surface area (Å²) in [4.78, 5) is 42.6. The van der Waals surface area contributed by atoms with Crippen LogP contribution < -0.4 is 5.32 Å². The number of hydrogen-bond acceptors (Lipinski definition) is 5. The molecule has 0 unspecified atom stereocenters. The smallest absolute Gasteiger partial charge is 0.278 e. The third kappa shape index (κ3) is 3.78. The summed E-state index contributed by atoms with van der Waals surface area (Å²) in [5, 5.41) is 2.70. The molecule has 1 fully saturated rings. The van der Waals surface area contributed by atoms with E-state index >= 15 is 0 Å². The summed E-state index contributed by atoms with van der Waals surface area (Å²) in [6, 6.07) is 7.00. The number of amides is 3. The molecule has 0 spiro atoms. The average Bonchev–Trinajstić information content (AvgIpc) is 2.88. The number of rotatable bonds is 5. The van der Waals surface area contributed by atoms with Crippen LogP contribution in [0.4, 0.5) is 5.69 Å². The van der Waals surface area contributed by atoms with E-state index < -0.39 is 0 Å². The van der Waals surface area contributed by atoms with Crippen LogP contribution in [-0.2, 0) is 14.4 Å². The van der Waals surface area contributed by atoms with Crippen LogP contribution in [0.2, 0.25) is 0 Å². The normalized spacial score (nSPS) is 18.3. The maximum absolute atomic E-state index is 13.0. The maximum atomic E-state index is 13.0. The van der Waals surface area contributed by atoms with E-state index in [1.165, 1.54) is 11.8 Å². The lowest BCUT2D eigenvalue weighted by atomic mass is 10.0. The molecule has 0 aromatic heterocycles. The van der Waals surface area contributed by atoms with E-state index in [-0.39, 0.29) is 24.3 Å². The number of nitrogens with zero attached hydrogens (tertiary/aromatic N) is 3. The zero-order chi connectivity index (χ0) is 19.6. The number of benzene rings is 1. The van der Waals surface area contributed by atoms with Crippen LogP contribution in [0.15, 0.2) is 42.6 Å². The minimum absolute atomic E-state index is 0.163. The highest BCUT2D eigenvalue weighted by Crippen LogP contribution is 2.32. The number of piperazine rings is 1. The van der Waals surface area contributed by atoms with E-state index in [1.54, 1.807) is 30.3 Å². The topological polar surface area (TPSA) is 73.0 Å². The molecular formula is C20H24N4O3.